The van der Waals surface area contributed by atoms with Crippen molar-refractivity contribution in [3.63, 3.8) is 0 Å². The summed E-state index contributed by atoms with van der Waals surface area (Å²) >= 11 is 0. The van der Waals surface area contributed by atoms with Crippen LogP contribution in [0, 0.1) is 11.6 Å². The molecule has 32 heavy (non-hydrogen) atoms. The molecule has 0 saturated heterocycles. The molecule has 0 N–H and O–H groups in total. The second-order valence-corrected chi connectivity index (χ2v) is 7.13. The molecule has 1 amide bonds. The van der Waals surface area contributed by atoms with Crippen molar-refractivity contribution in [1.29, 1.82) is 0 Å². The number of likely N-dealkylation sites (N-methyl/N-ethyl adjacent to an activating group) is 1. The number of hydrogen-bond donors (Lipinski definition) is 0. The van der Waals surface area contributed by atoms with Crippen LogP contribution in [0.3, 0.4) is 0 Å². The molecule has 10 heteroatoms. The number of rotatable bonds is 5. The van der Waals surface area contributed by atoms with Crippen molar-refractivity contribution in [3.05, 3.63) is 70.8 Å². The summed E-state index contributed by atoms with van der Waals surface area (Å²) in [6, 6.07) is 8.10. The SMILES string of the molecule is C[N-]C(=O)C(C)(C)c1cccc(-c2nc(-c3cc(C(=O)OC)ccn3)c(F)cc2F)n1.[Pt]. The van der Waals surface area contributed by atoms with Crippen LogP contribution in [0.15, 0.2) is 42.6 Å². The first-order chi connectivity index (χ1) is 14.7. The first-order valence-corrected chi connectivity index (χ1v) is 9.22. The number of carbonyl (C=O) groups is 2. The molecule has 170 valence electrons. The summed E-state index contributed by atoms with van der Waals surface area (Å²) in [5, 5.41) is 3.69. The van der Waals surface area contributed by atoms with E-state index in [1.54, 1.807) is 26.0 Å². The number of methoxy groups -OCH3 is 1. The Kier molecular flexibility index (Phi) is 7.91. The van der Waals surface area contributed by atoms with Gasteiger partial charge in [0, 0.05) is 38.7 Å². The van der Waals surface area contributed by atoms with E-state index >= 15 is 0 Å². The van der Waals surface area contributed by atoms with E-state index in [0.717, 1.165) is 0 Å². The molecule has 7 nitrogen and oxygen atoms in total. The van der Waals surface area contributed by atoms with Crippen molar-refractivity contribution in [2.45, 2.75) is 19.3 Å². The second-order valence-electron chi connectivity index (χ2n) is 7.13. The van der Waals surface area contributed by atoms with Crippen LogP contribution in [0.2, 0.25) is 0 Å². The number of esters is 1. The second kappa shape index (κ2) is 10.0. The molecule has 0 aromatic carbocycles. The topological polar surface area (TPSA) is 96.1 Å². The molecule has 0 aliphatic heterocycles. The number of nitrogens with zero attached hydrogens (tertiary/aromatic N) is 4. The molecule has 0 unspecified atom stereocenters. The first-order valence-electron chi connectivity index (χ1n) is 9.22. The van der Waals surface area contributed by atoms with E-state index in [1.807, 2.05) is 0 Å². The Morgan fingerprint density at radius 2 is 1.66 bits per heavy atom. The van der Waals surface area contributed by atoms with Gasteiger partial charge in [0.05, 0.1) is 35.7 Å². The number of ether oxygens (including phenoxy) is 1. The predicted octanol–water partition coefficient (Wildman–Crippen LogP) is 4.08. The van der Waals surface area contributed by atoms with Crippen molar-refractivity contribution in [3.8, 4) is 22.8 Å². The molecular formula is C22H19F2N4O3Pt-. The molecule has 0 radical (unpaired) electrons. The van der Waals surface area contributed by atoms with E-state index in [2.05, 4.69) is 25.0 Å². The van der Waals surface area contributed by atoms with Crippen LogP contribution in [0.25, 0.3) is 28.1 Å². The molecule has 0 saturated carbocycles. The maximum absolute atomic E-state index is 14.6. The fourth-order valence-corrected chi connectivity index (χ4v) is 2.93. The van der Waals surface area contributed by atoms with Crippen molar-refractivity contribution < 1.29 is 44.2 Å². The molecule has 3 aromatic heterocycles. The van der Waals surface area contributed by atoms with Crippen LogP contribution < -0.4 is 0 Å². The van der Waals surface area contributed by atoms with E-state index in [9.17, 15) is 18.4 Å². The largest absolute Gasteiger partial charge is 0.655 e. The molecule has 0 atom stereocenters. The quantitative estimate of drug-likeness (QED) is 0.399. The smallest absolute Gasteiger partial charge is 0.337 e. The Bertz CT molecular complexity index is 1170. The zero-order valence-corrected chi connectivity index (χ0v) is 19.9. The molecule has 0 spiro atoms. The van der Waals surface area contributed by atoms with Crippen LogP contribution in [0.5, 0.6) is 0 Å². The fraction of sp³-hybridized carbons (Fsp3) is 0.227. The maximum atomic E-state index is 14.6. The maximum Gasteiger partial charge on any atom is 0.337 e. The third kappa shape index (κ3) is 4.88. The number of halogens is 2. The van der Waals surface area contributed by atoms with Gasteiger partial charge in [0.2, 0.25) is 0 Å². The van der Waals surface area contributed by atoms with Crippen molar-refractivity contribution in [2.75, 3.05) is 14.2 Å². The molecule has 0 fully saturated rings. The van der Waals surface area contributed by atoms with Gasteiger partial charge in [0.1, 0.15) is 11.4 Å². The average molecular weight is 620 g/mol. The molecular weight excluding hydrogens is 601 g/mol. The number of aromatic nitrogens is 3. The van der Waals surface area contributed by atoms with E-state index in [4.69, 9.17) is 0 Å². The van der Waals surface area contributed by atoms with Crippen LogP contribution in [-0.4, -0.2) is 41.0 Å². The Morgan fingerprint density at radius 3 is 2.28 bits per heavy atom. The molecule has 3 aromatic rings. The van der Waals surface area contributed by atoms with Crippen LogP contribution >= 0.6 is 0 Å². The van der Waals surface area contributed by atoms with Gasteiger partial charge in [-0.05, 0) is 38.1 Å². The molecule has 0 bridgehead atoms. The molecule has 3 rings (SSSR count). The number of amides is 1. The van der Waals surface area contributed by atoms with Gasteiger partial charge in [0.15, 0.2) is 11.6 Å². The van der Waals surface area contributed by atoms with Gasteiger partial charge in [-0.1, -0.05) is 6.07 Å². The predicted molar refractivity (Wildman–Crippen MR) is 109 cm³/mol. The zero-order chi connectivity index (χ0) is 22.8. The molecule has 0 aliphatic rings. The minimum absolute atomic E-state index is 0. The van der Waals surface area contributed by atoms with Gasteiger partial charge < -0.3 is 14.8 Å². The van der Waals surface area contributed by atoms with Crippen molar-refractivity contribution >= 4 is 11.9 Å². The van der Waals surface area contributed by atoms with Gasteiger partial charge in [0.25, 0.3) is 0 Å². The Hall–Kier alpha value is -3.06. The Morgan fingerprint density at radius 1 is 1.00 bits per heavy atom. The standard InChI is InChI=1S/C22H20F2N4O3.Pt/c1-22(2,21(30)25-3)17-7-5-6-15(27-17)18-13(23)11-14(24)19(28-18)16-10-12(8-9-26-16)20(29)31-4;/h5-11H,1-4H3,(H,25,30);/p-1. The monoisotopic (exact) mass is 620 g/mol. The van der Waals surface area contributed by atoms with E-state index in [1.165, 1.54) is 38.6 Å². The minimum Gasteiger partial charge on any atom is -0.655 e. The summed E-state index contributed by atoms with van der Waals surface area (Å²) in [5.41, 5.74) is -0.883. The van der Waals surface area contributed by atoms with Gasteiger partial charge in [-0.25, -0.2) is 18.6 Å². The zero-order valence-electron chi connectivity index (χ0n) is 17.6. The van der Waals surface area contributed by atoms with Crippen molar-refractivity contribution in [1.82, 2.24) is 15.0 Å². The molecule has 0 aliphatic carbocycles. The third-order valence-corrected chi connectivity index (χ3v) is 4.72. The van der Waals surface area contributed by atoms with Crippen LogP contribution in [0.1, 0.15) is 29.9 Å². The van der Waals surface area contributed by atoms with Crippen molar-refractivity contribution in [2.24, 2.45) is 0 Å². The first kappa shape index (κ1) is 25.2. The van der Waals surface area contributed by atoms with Gasteiger partial charge in [-0.15, -0.1) is 7.05 Å². The fourth-order valence-electron chi connectivity index (χ4n) is 2.93. The van der Waals surface area contributed by atoms with E-state index in [-0.39, 0.29) is 49.4 Å². The summed E-state index contributed by atoms with van der Waals surface area (Å²) in [6.07, 6.45) is 1.30. The number of carbonyl (C=O) groups excluding carboxylic acids is 2. The normalized spacial score (nSPS) is 10.8. The summed E-state index contributed by atoms with van der Waals surface area (Å²) in [4.78, 5) is 36.4. The summed E-state index contributed by atoms with van der Waals surface area (Å²) in [5.74, 6) is -2.91. The van der Waals surface area contributed by atoms with E-state index < -0.39 is 28.9 Å². The van der Waals surface area contributed by atoms with Gasteiger partial charge in [-0.3, -0.25) is 9.97 Å². The van der Waals surface area contributed by atoms with Gasteiger partial charge >= 0.3 is 5.97 Å². The average Bonchev–Trinajstić information content (AvgIpc) is 2.78. The summed E-state index contributed by atoms with van der Waals surface area (Å²) < 4.78 is 33.8. The third-order valence-electron chi connectivity index (χ3n) is 4.72. The summed E-state index contributed by atoms with van der Waals surface area (Å²) in [7, 11) is 2.60. The minimum atomic E-state index is -1.04. The summed E-state index contributed by atoms with van der Waals surface area (Å²) in [6.45, 7) is 3.30. The Balaban J connectivity index is 0.00000363. The molecule has 3 heterocycles. The van der Waals surface area contributed by atoms with Gasteiger partial charge in [-0.2, -0.15) is 0 Å². The van der Waals surface area contributed by atoms with E-state index in [0.29, 0.717) is 11.8 Å². The van der Waals surface area contributed by atoms with Crippen LogP contribution in [-0.2, 0) is 36.0 Å². The number of pyridine rings is 3. The van der Waals surface area contributed by atoms with Crippen LogP contribution in [0.4, 0.5) is 8.78 Å². The Labute approximate surface area is 197 Å². The number of hydrogen-bond acceptors (Lipinski definition) is 6.